The second kappa shape index (κ2) is 8.37. The van der Waals surface area contributed by atoms with Crippen LogP contribution in [0.1, 0.15) is 49.9 Å². The quantitative estimate of drug-likeness (QED) is 0.565. The second-order valence-corrected chi connectivity index (χ2v) is 5.84. The highest BCUT2D eigenvalue weighted by molar-refractivity contribution is 5.90. The van der Waals surface area contributed by atoms with Gasteiger partial charge in [-0.2, -0.15) is 0 Å². The van der Waals surface area contributed by atoms with Gasteiger partial charge in [-0.15, -0.1) is 0 Å². The molecule has 0 aliphatic heterocycles. The first kappa shape index (κ1) is 17.1. The summed E-state index contributed by atoms with van der Waals surface area (Å²) in [4.78, 5) is 12.1. The van der Waals surface area contributed by atoms with Crippen molar-refractivity contribution in [3.8, 4) is 16.9 Å². The van der Waals surface area contributed by atoms with Crippen molar-refractivity contribution in [2.75, 3.05) is 0 Å². The Kier molecular flexibility index (Phi) is 6.21. The van der Waals surface area contributed by atoms with Crippen LogP contribution in [0.15, 0.2) is 48.5 Å². The van der Waals surface area contributed by atoms with Gasteiger partial charge in [0.25, 0.3) is 0 Å². The van der Waals surface area contributed by atoms with Crippen molar-refractivity contribution in [3.63, 3.8) is 0 Å². The monoisotopic (exact) mass is 312 g/mol. The number of aromatic hydroxyl groups is 1. The molecule has 3 nitrogen and oxygen atoms in total. The Morgan fingerprint density at radius 1 is 1.00 bits per heavy atom. The second-order valence-electron chi connectivity index (χ2n) is 5.84. The normalized spacial score (nSPS) is 11.9. The molecule has 0 bridgehead atoms. The largest absolute Gasteiger partial charge is 0.508 e. The number of benzene rings is 2. The number of ether oxygens (including phenoxy) is 1. The van der Waals surface area contributed by atoms with Crippen LogP contribution in [0.25, 0.3) is 11.1 Å². The van der Waals surface area contributed by atoms with Crippen molar-refractivity contribution in [3.05, 3.63) is 54.1 Å². The molecule has 2 rings (SSSR count). The third-order valence-corrected chi connectivity index (χ3v) is 3.84. The highest BCUT2D eigenvalue weighted by Gasteiger charge is 2.12. The van der Waals surface area contributed by atoms with Crippen LogP contribution in [0.5, 0.6) is 5.75 Å². The highest BCUT2D eigenvalue weighted by Crippen LogP contribution is 2.22. The number of carbonyl (C=O) groups excluding carboxylic acids is 1. The molecule has 122 valence electrons. The lowest BCUT2D eigenvalue weighted by atomic mass is 10.0. The number of phenolic OH excluding ortho intramolecular Hbond substituents is 1. The van der Waals surface area contributed by atoms with Gasteiger partial charge >= 0.3 is 5.97 Å². The van der Waals surface area contributed by atoms with Gasteiger partial charge in [-0.25, -0.2) is 4.79 Å². The van der Waals surface area contributed by atoms with Crippen molar-refractivity contribution in [1.29, 1.82) is 0 Å². The number of rotatable bonds is 7. The summed E-state index contributed by atoms with van der Waals surface area (Å²) in [5.74, 6) is -0.0303. The van der Waals surface area contributed by atoms with Gasteiger partial charge < -0.3 is 9.84 Å². The Hall–Kier alpha value is -2.29. The molecule has 3 heteroatoms. The van der Waals surface area contributed by atoms with E-state index in [-0.39, 0.29) is 17.8 Å². The summed E-state index contributed by atoms with van der Waals surface area (Å²) in [5, 5.41) is 9.32. The van der Waals surface area contributed by atoms with Gasteiger partial charge in [-0.3, -0.25) is 0 Å². The Labute approximate surface area is 137 Å². The third kappa shape index (κ3) is 5.13. The summed E-state index contributed by atoms with van der Waals surface area (Å²) in [7, 11) is 0. The van der Waals surface area contributed by atoms with Crippen LogP contribution in [-0.4, -0.2) is 17.2 Å². The standard InChI is InChI=1S/C20H24O3/c1-3-4-5-6-15(2)23-20(22)18-9-7-16(8-10-18)17-11-13-19(21)14-12-17/h7-15,21H,3-6H2,1-2H3/t15-/m1/s1. The SMILES string of the molecule is CCCCC[C@@H](C)OC(=O)c1ccc(-c2ccc(O)cc2)cc1. The Bertz CT molecular complexity index is 614. The lowest BCUT2D eigenvalue weighted by molar-refractivity contribution is 0.0319. The first-order chi connectivity index (χ1) is 11.1. The topological polar surface area (TPSA) is 46.5 Å². The maximum absolute atomic E-state index is 12.1. The van der Waals surface area contributed by atoms with Crippen molar-refractivity contribution >= 4 is 5.97 Å². The van der Waals surface area contributed by atoms with E-state index in [2.05, 4.69) is 6.92 Å². The van der Waals surface area contributed by atoms with Crippen molar-refractivity contribution in [2.24, 2.45) is 0 Å². The van der Waals surface area contributed by atoms with Crippen LogP contribution in [0.4, 0.5) is 0 Å². The number of phenols is 1. The van der Waals surface area contributed by atoms with Gasteiger partial charge in [0.05, 0.1) is 11.7 Å². The number of hydrogen-bond acceptors (Lipinski definition) is 3. The predicted molar refractivity (Wildman–Crippen MR) is 92.6 cm³/mol. The zero-order valence-electron chi connectivity index (χ0n) is 13.8. The first-order valence-electron chi connectivity index (χ1n) is 8.20. The average molecular weight is 312 g/mol. The summed E-state index contributed by atoms with van der Waals surface area (Å²) < 4.78 is 5.47. The molecule has 0 spiro atoms. The van der Waals surface area contributed by atoms with E-state index in [9.17, 15) is 9.90 Å². The third-order valence-electron chi connectivity index (χ3n) is 3.84. The van der Waals surface area contributed by atoms with Crippen LogP contribution >= 0.6 is 0 Å². The molecule has 0 aliphatic rings. The Morgan fingerprint density at radius 3 is 2.13 bits per heavy atom. The van der Waals surface area contributed by atoms with Crippen LogP contribution in [0.3, 0.4) is 0 Å². The molecule has 2 aromatic carbocycles. The molecule has 0 unspecified atom stereocenters. The van der Waals surface area contributed by atoms with Crippen LogP contribution in [-0.2, 0) is 4.74 Å². The minimum atomic E-state index is -0.272. The number of hydrogen-bond donors (Lipinski definition) is 1. The fourth-order valence-corrected chi connectivity index (χ4v) is 2.44. The van der Waals surface area contributed by atoms with Gasteiger partial charge in [0.1, 0.15) is 5.75 Å². The summed E-state index contributed by atoms with van der Waals surface area (Å²) in [6.07, 6.45) is 4.28. The van der Waals surface area contributed by atoms with Gasteiger partial charge in [0, 0.05) is 0 Å². The van der Waals surface area contributed by atoms with Gasteiger partial charge in [0.15, 0.2) is 0 Å². The molecule has 0 heterocycles. The number of unbranched alkanes of at least 4 members (excludes halogenated alkanes) is 2. The van der Waals surface area contributed by atoms with E-state index < -0.39 is 0 Å². The minimum Gasteiger partial charge on any atom is -0.508 e. The maximum atomic E-state index is 12.1. The molecule has 0 saturated carbocycles. The summed E-state index contributed by atoms with van der Waals surface area (Å²) in [6.45, 7) is 4.10. The van der Waals surface area contributed by atoms with Gasteiger partial charge in [0.2, 0.25) is 0 Å². The fourth-order valence-electron chi connectivity index (χ4n) is 2.44. The molecule has 2 aromatic rings. The Balaban J connectivity index is 1.96. The molecular formula is C20H24O3. The van der Waals surface area contributed by atoms with Gasteiger partial charge in [-0.1, -0.05) is 44.0 Å². The van der Waals surface area contributed by atoms with E-state index in [4.69, 9.17) is 4.74 Å². The summed E-state index contributed by atoms with van der Waals surface area (Å²) in [5.41, 5.74) is 2.56. The minimum absolute atomic E-state index is 0.0502. The summed E-state index contributed by atoms with van der Waals surface area (Å²) in [6, 6.07) is 14.3. The molecule has 0 aromatic heterocycles. The summed E-state index contributed by atoms with van der Waals surface area (Å²) >= 11 is 0. The van der Waals surface area contributed by atoms with Gasteiger partial charge in [-0.05, 0) is 55.2 Å². The molecule has 0 fully saturated rings. The van der Waals surface area contributed by atoms with Crippen LogP contribution in [0, 0.1) is 0 Å². The smallest absolute Gasteiger partial charge is 0.338 e. The molecule has 0 aliphatic carbocycles. The molecule has 23 heavy (non-hydrogen) atoms. The van der Waals surface area contributed by atoms with Crippen molar-refractivity contribution < 1.29 is 14.6 Å². The lowest BCUT2D eigenvalue weighted by Gasteiger charge is -2.13. The van der Waals surface area contributed by atoms with Crippen LogP contribution < -0.4 is 0 Å². The molecule has 1 atom stereocenters. The van der Waals surface area contributed by atoms with Crippen molar-refractivity contribution in [2.45, 2.75) is 45.6 Å². The first-order valence-corrected chi connectivity index (χ1v) is 8.20. The van der Waals surface area contributed by atoms with E-state index in [0.717, 1.165) is 24.0 Å². The maximum Gasteiger partial charge on any atom is 0.338 e. The fraction of sp³-hybridized carbons (Fsp3) is 0.350. The highest BCUT2D eigenvalue weighted by atomic mass is 16.5. The molecule has 0 amide bonds. The predicted octanol–water partition coefficient (Wildman–Crippen LogP) is 5.18. The van der Waals surface area contributed by atoms with Crippen LogP contribution in [0.2, 0.25) is 0 Å². The van der Waals surface area contributed by atoms with E-state index in [1.165, 1.54) is 12.8 Å². The average Bonchev–Trinajstić information content (AvgIpc) is 2.56. The van der Waals surface area contributed by atoms with E-state index >= 15 is 0 Å². The van der Waals surface area contributed by atoms with E-state index in [0.29, 0.717) is 5.56 Å². The van der Waals surface area contributed by atoms with E-state index in [1.54, 1.807) is 24.3 Å². The molecule has 0 saturated heterocycles. The number of carbonyl (C=O) groups is 1. The molecular weight excluding hydrogens is 288 g/mol. The molecule has 0 radical (unpaired) electrons. The van der Waals surface area contributed by atoms with Crippen molar-refractivity contribution in [1.82, 2.24) is 0 Å². The number of esters is 1. The zero-order chi connectivity index (χ0) is 16.7. The molecule has 1 N–H and O–H groups in total. The van der Waals surface area contributed by atoms with E-state index in [1.807, 2.05) is 31.2 Å². The Morgan fingerprint density at radius 2 is 1.57 bits per heavy atom. The zero-order valence-corrected chi connectivity index (χ0v) is 13.8. The lowest BCUT2D eigenvalue weighted by Crippen LogP contribution is -2.14.